The van der Waals surface area contributed by atoms with E-state index in [1.165, 1.54) is 12.3 Å². The lowest BCUT2D eigenvalue weighted by atomic mass is 10.1. The Kier molecular flexibility index (Phi) is 7.49. The molecule has 0 spiro atoms. The van der Waals surface area contributed by atoms with E-state index in [0.717, 1.165) is 16.8 Å². The van der Waals surface area contributed by atoms with Gasteiger partial charge in [-0.15, -0.1) is 0 Å². The second kappa shape index (κ2) is 11.3. The zero-order chi connectivity index (χ0) is 24.5. The number of nitrogens with one attached hydrogen (secondary N) is 3. The van der Waals surface area contributed by atoms with Gasteiger partial charge in [-0.2, -0.15) is 0 Å². The Morgan fingerprint density at radius 1 is 0.914 bits per heavy atom. The van der Waals surface area contributed by atoms with Gasteiger partial charge in [-0.1, -0.05) is 18.2 Å². The number of pyridine rings is 2. The number of hydrogen-bond donors (Lipinski definition) is 3. The van der Waals surface area contributed by atoms with E-state index in [0.29, 0.717) is 37.0 Å². The van der Waals surface area contributed by atoms with E-state index in [2.05, 4.69) is 35.9 Å². The summed E-state index contributed by atoms with van der Waals surface area (Å²) in [5, 5.41) is 19.8. The molecule has 0 unspecified atom stereocenters. The van der Waals surface area contributed by atoms with Crippen LogP contribution in [0.25, 0.3) is 11.3 Å². The molecule has 1 aromatic carbocycles. The molecule has 0 bridgehead atoms. The van der Waals surface area contributed by atoms with Crippen LogP contribution in [0.15, 0.2) is 79.4 Å². The Hall–Kier alpha value is -4.93. The molecule has 0 aliphatic rings. The summed E-state index contributed by atoms with van der Waals surface area (Å²) >= 11 is 0. The van der Waals surface area contributed by atoms with Crippen molar-refractivity contribution in [1.82, 2.24) is 25.3 Å². The van der Waals surface area contributed by atoms with Crippen molar-refractivity contribution in [2.24, 2.45) is 0 Å². The van der Waals surface area contributed by atoms with Gasteiger partial charge in [-0.3, -0.25) is 19.9 Å². The molecule has 0 aliphatic heterocycles. The van der Waals surface area contributed by atoms with Crippen LogP contribution >= 0.6 is 0 Å². The lowest BCUT2D eigenvalue weighted by molar-refractivity contribution is -0.385. The van der Waals surface area contributed by atoms with E-state index in [4.69, 9.17) is 0 Å². The molecule has 0 saturated carbocycles. The van der Waals surface area contributed by atoms with E-state index in [-0.39, 0.29) is 11.6 Å². The summed E-state index contributed by atoms with van der Waals surface area (Å²) < 4.78 is 0. The summed E-state index contributed by atoms with van der Waals surface area (Å²) in [7, 11) is 0. The Bertz CT molecular complexity index is 1280. The quantitative estimate of drug-likeness (QED) is 0.180. The first-order chi connectivity index (χ1) is 17.1. The fourth-order valence-corrected chi connectivity index (χ4v) is 3.15. The first-order valence-electron chi connectivity index (χ1n) is 10.8. The summed E-state index contributed by atoms with van der Waals surface area (Å²) in [6.07, 6.45) is 6.27. The van der Waals surface area contributed by atoms with Gasteiger partial charge in [0.25, 0.3) is 11.6 Å². The third-order valence-electron chi connectivity index (χ3n) is 4.95. The van der Waals surface area contributed by atoms with Crippen molar-refractivity contribution < 1.29 is 9.72 Å². The maximum atomic E-state index is 12.4. The molecule has 4 rings (SSSR count). The van der Waals surface area contributed by atoms with Gasteiger partial charge < -0.3 is 16.0 Å². The van der Waals surface area contributed by atoms with Gasteiger partial charge in [0.2, 0.25) is 5.95 Å². The monoisotopic (exact) mass is 470 g/mol. The maximum absolute atomic E-state index is 12.4. The number of nitrogens with zero attached hydrogens (tertiary/aromatic N) is 5. The molecule has 3 heterocycles. The average molecular weight is 470 g/mol. The molecule has 176 valence electrons. The minimum Gasteiger partial charge on any atom is -0.368 e. The Morgan fingerprint density at radius 2 is 1.74 bits per heavy atom. The highest BCUT2D eigenvalue weighted by molar-refractivity contribution is 5.94. The lowest BCUT2D eigenvalue weighted by Crippen LogP contribution is -2.22. The number of benzene rings is 1. The Morgan fingerprint density at radius 3 is 2.46 bits per heavy atom. The number of aromatic nitrogens is 4. The van der Waals surface area contributed by atoms with Crippen molar-refractivity contribution in [2.75, 3.05) is 23.7 Å². The highest BCUT2D eigenvalue weighted by atomic mass is 16.6. The van der Waals surface area contributed by atoms with Gasteiger partial charge in [-0.25, -0.2) is 15.0 Å². The van der Waals surface area contributed by atoms with Crippen molar-refractivity contribution in [3.63, 3.8) is 0 Å². The first-order valence-corrected chi connectivity index (χ1v) is 10.8. The molecular formula is C24H22N8O3. The normalized spacial score (nSPS) is 10.4. The highest BCUT2D eigenvalue weighted by Gasteiger charge is 2.08. The smallest absolute Gasteiger partial charge is 0.287 e. The van der Waals surface area contributed by atoms with Crippen LogP contribution in [0, 0.1) is 10.1 Å². The van der Waals surface area contributed by atoms with Crippen LogP contribution in [0.2, 0.25) is 0 Å². The van der Waals surface area contributed by atoms with Crippen LogP contribution < -0.4 is 16.0 Å². The third-order valence-corrected chi connectivity index (χ3v) is 4.95. The molecule has 0 aliphatic carbocycles. The Balaban J connectivity index is 1.28. The van der Waals surface area contributed by atoms with Crippen molar-refractivity contribution >= 4 is 23.4 Å². The maximum Gasteiger partial charge on any atom is 0.287 e. The molecule has 11 heteroatoms. The number of nitro groups is 1. The molecule has 3 N–H and O–H groups in total. The summed E-state index contributed by atoms with van der Waals surface area (Å²) in [6, 6.07) is 15.7. The molecule has 0 atom stereocenters. The van der Waals surface area contributed by atoms with Crippen LogP contribution in [0.4, 0.5) is 17.5 Å². The number of anilines is 2. The topological polar surface area (TPSA) is 148 Å². The SMILES string of the molecule is O=C(NCc1cccnc1)c1ccc(-c2ccnc(NCCNc3ccc([N+](=O)[O-])cn3)n2)cc1. The van der Waals surface area contributed by atoms with Gasteiger partial charge >= 0.3 is 0 Å². The van der Waals surface area contributed by atoms with E-state index in [1.54, 1.807) is 42.9 Å². The van der Waals surface area contributed by atoms with Crippen molar-refractivity contribution in [3.05, 3.63) is 101 Å². The van der Waals surface area contributed by atoms with E-state index in [9.17, 15) is 14.9 Å². The molecule has 0 fully saturated rings. The van der Waals surface area contributed by atoms with Crippen LogP contribution in [0.1, 0.15) is 15.9 Å². The molecule has 35 heavy (non-hydrogen) atoms. The minimum atomic E-state index is -0.491. The van der Waals surface area contributed by atoms with Gasteiger partial charge in [-0.05, 0) is 35.9 Å². The van der Waals surface area contributed by atoms with Crippen molar-refractivity contribution in [1.29, 1.82) is 0 Å². The number of amides is 1. The van der Waals surface area contributed by atoms with Crippen LogP contribution in [-0.4, -0.2) is 43.9 Å². The van der Waals surface area contributed by atoms with Gasteiger partial charge in [0, 0.05) is 55.4 Å². The molecule has 11 nitrogen and oxygen atoms in total. The first kappa shape index (κ1) is 23.2. The molecule has 4 aromatic rings. The van der Waals surface area contributed by atoms with Gasteiger partial charge in [0.1, 0.15) is 12.0 Å². The number of carbonyl (C=O) groups excluding carboxylic acids is 1. The second-order valence-corrected chi connectivity index (χ2v) is 7.40. The van der Waals surface area contributed by atoms with E-state index >= 15 is 0 Å². The standard InChI is InChI=1S/C24H22N8O3/c33-23(30-15-17-2-1-10-25-14-17)19-5-3-18(4-6-19)21-9-11-27-24(31-21)28-13-12-26-22-8-7-20(16-29-22)32(34)35/h1-11,14,16H,12-13,15H2,(H,26,29)(H,30,33)(H,27,28,31). The predicted octanol–water partition coefficient (Wildman–Crippen LogP) is 3.30. The lowest BCUT2D eigenvalue weighted by Gasteiger charge is -2.09. The third kappa shape index (κ3) is 6.54. The van der Waals surface area contributed by atoms with Crippen LogP contribution in [0.3, 0.4) is 0 Å². The summed E-state index contributed by atoms with van der Waals surface area (Å²) in [6.45, 7) is 1.43. The largest absolute Gasteiger partial charge is 0.368 e. The predicted molar refractivity (Wildman–Crippen MR) is 131 cm³/mol. The van der Waals surface area contributed by atoms with Crippen LogP contribution in [0.5, 0.6) is 0 Å². The van der Waals surface area contributed by atoms with E-state index < -0.39 is 4.92 Å². The summed E-state index contributed by atoms with van der Waals surface area (Å²) in [5.74, 6) is 0.830. The van der Waals surface area contributed by atoms with E-state index in [1.807, 2.05) is 24.3 Å². The zero-order valence-corrected chi connectivity index (χ0v) is 18.6. The van der Waals surface area contributed by atoms with Crippen molar-refractivity contribution in [2.45, 2.75) is 6.54 Å². The molecular weight excluding hydrogens is 448 g/mol. The summed E-state index contributed by atoms with van der Waals surface area (Å²) in [5.41, 5.74) is 2.99. The number of rotatable bonds is 10. The molecule has 0 saturated heterocycles. The van der Waals surface area contributed by atoms with Gasteiger partial charge in [0.05, 0.1) is 10.6 Å². The number of carbonyl (C=O) groups is 1. The molecule has 1 amide bonds. The van der Waals surface area contributed by atoms with Crippen molar-refractivity contribution in [3.8, 4) is 11.3 Å². The zero-order valence-electron chi connectivity index (χ0n) is 18.6. The Labute approximate surface area is 200 Å². The average Bonchev–Trinajstić information content (AvgIpc) is 2.91. The van der Waals surface area contributed by atoms with Crippen LogP contribution in [-0.2, 0) is 6.54 Å². The molecule has 0 radical (unpaired) electrons. The molecule has 3 aromatic heterocycles. The number of hydrogen-bond acceptors (Lipinski definition) is 9. The highest BCUT2D eigenvalue weighted by Crippen LogP contribution is 2.18. The fraction of sp³-hybridized carbons (Fsp3) is 0.125. The minimum absolute atomic E-state index is 0.0581. The fourth-order valence-electron chi connectivity index (χ4n) is 3.15. The second-order valence-electron chi connectivity index (χ2n) is 7.40. The van der Waals surface area contributed by atoms with Gasteiger partial charge in [0.15, 0.2) is 0 Å². The summed E-state index contributed by atoms with van der Waals surface area (Å²) in [4.78, 5) is 39.4.